The molecule has 3 rings (SSSR count). The molecule has 0 saturated heterocycles. The van der Waals surface area contributed by atoms with Gasteiger partial charge in [-0.2, -0.15) is 4.57 Å². The van der Waals surface area contributed by atoms with Crippen molar-refractivity contribution in [2.45, 2.75) is 0 Å². The number of halogens is 1. The molecule has 0 unspecified atom stereocenters. The topological polar surface area (TPSA) is 100 Å². The lowest BCUT2D eigenvalue weighted by Crippen LogP contribution is -3.00. The number of hydrogen-bond acceptors (Lipinski definition) is 3. The van der Waals surface area contributed by atoms with Crippen LogP contribution in [0, 0.1) is 0 Å². The summed E-state index contributed by atoms with van der Waals surface area (Å²) >= 11 is 0. The van der Waals surface area contributed by atoms with Crippen molar-refractivity contribution >= 4 is 33.4 Å². The molecule has 0 radical (unpaired) electrons. The van der Waals surface area contributed by atoms with Crippen LogP contribution in [0.1, 0.15) is 0 Å². The number of nitrogen functional groups attached to an aromatic ring is 2. The number of benzene rings is 2. The van der Waals surface area contributed by atoms with Gasteiger partial charge in [-0.25, -0.2) is 4.98 Å². The Morgan fingerprint density at radius 3 is 2.47 bits per heavy atom. The second kappa shape index (κ2) is 5.26. The van der Waals surface area contributed by atoms with Gasteiger partial charge in [0.05, 0.1) is 5.69 Å². The molecule has 6 N–H and O–H groups in total. The standard InChI is InChI=1S/C13H12N4.ClH.H2O/c1-17-11-5-3-2-4-10(11)16-13-9(15)6-8(14)7-12(13)17;;/h2-7H,1H3,(H3,14,15);1H;1H2. The zero-order valence-electron chi connectivity index (χ0n) is 10.4. The summed E-state index contributed by atoms with van der Waals surface area (Å²) in [6.07, 6.45) is 0. The van der Waals surface area contributed by atoms with Crippen molar-refractivity contribution in [2.75, 3.05) is 11.5 Å². The molecule has 3 aromatic rings. The number of aromatic nitrogens is 2. The first-order chi connectivity index (χ1) is 8.16. The van der Waals surface area contributed by atoms with Crippen LogP contribution in [0.2, 0.25) is 0 Å². The zero-order valence-corrected chi connectivity index (χ0v) is 11.1. The molecular weight excluding hydrogens is 264 g/mol. The molecule has 6 heteroatoms. The third-order valence-corrected chi connectivity index (χ3v) is 2.98. The summed E-state index contributed by atoms with van der Waals surface area (Å²) in [5.74, 6) is 0. The molecule has 0 atom stereocenters. The predicted molar refractivity (Wildman–Crippen MR) is 72.9 cm³/mol. The minimum absolute atomic E-state index is 0. The monoisotopic (exact) mass is 278 g/mol. The van der Waals surface area contributed by atoms with E-state index in [0.717, 1.165) is 22.1 Å². The Morgan fingerprint density at radius 2 is 1.74 bits per heavy atom. The average Bonchev–Trinajstić information content (AvgIpc) is 2.31. The van der Waals surface area contributed by atoms with Crippen molar-refractivity contribution in [3.63, 3.8) is 0 Å². The summed E-state index contributed by atoms with van der Waals surface area (Å²) in [5, 5.41) is 0. The number of nitrogens with zero attached hydrogens (tertiary/aromatic N) is 2. The lowest BCUT2D eigenvalue weighted by molar-refractivity contribution is -0.617. The van der Waals surface area contributed by atoms with E-state index in [9.17, 15) is 0 Å². The largest absolute Gasteiger partial charge is 1.00 e. The van der Waals surface area contributed by atoms with Crippen molar-refractivity contribution < 1.29 is 22.5 Å². The first-order valence-corrected chi connectivity index (χ1v) is 5.40. The molecule has 0 aliphatic heterocycles. The fraction of sp³-hybridized carbons (Fsp3) is 0.0769. The van der Waals surface area contributed by atoms with Gasteiger partial charge in [0, 0.05) is 17.8 Å². The highest BCUT2D eigenvalue weighted by atomic mass is 35.5. The molecule has 1 aromatic heterocycles. The van der Waals surface area contributed by atoms with Gasteiger partial charge in [-0.1, -0.05) is 12.1 Å². The Kier molecular flexibility index (Phi) is 4.14. The molecule has 0 spiro atoms. The van der Waals surface area contributed by atoms with Gasteiger partial charge in [-0.15, -0.1) is 0 Å². The Labute approximate surface area is 116 Å². The van der Waals surface area contributed by atoms with Crippen molar-refractivity contribution in [3.8, 4) is 0 Å². The van der Waals surface area contributed by atoms with Crippen molar-refractivity contribution in [1.82, 2.24) is 4.98 Å². The first kappa shape index (κ1) is 14.9. The average molecular weight is 279 g/mol. The number of para-hydroxylation sites is 2. The van der Waals surface area contributed by atoms with Gasteiger partial charge in [0.1, 0.15) is 12.6 Å². The summed E-state index contributed by atoms with van der Waals surface area (Å²) in [4.78, 5) is 4.58. The Balaban J connectivity index is 0.000000902. The number of nitrogens with two attached hydrogens (primary N) is 2. The molecule has 0 fully saturated rings. The highest BCUT2D eigenvalue weighted by Gasteiger charge is 2.14. The van der Waals surface area contributed by atoms with Crippen LogP contribution in [0.4, 0.5) is 11.4 Å². The van der Waals surface area contributed by atoms with Gasteiger partial charge >= 0.3 is 0 Å². The predicted octanol–water partition coefficient (Wildman–Crippen LogP) is -2.44. The van der Waals surface area contributed by atoms with Gasteiger partial charge in [0.25, 0.3) is 0 Å². The van der Waals surface area contributed by atoms with Crippen molar-refractivity contribution in [3.05, 3.63) is 36.4 Å². The SMILES string of the molecule is C[n+]1c2ccccc2nc2c(N)cc(N)cc21.O.[Cl-]. The molecule has 0 saturated carbocycles. The smallest absolute Gasteiger partial charge is 0.235 e. The first-order valence-electron chi connectivity index (χ1n) is 5.40. The number of hydrogen-bond donors (Lipinski definition) is 2. The second-order valence-corrected chi connectivity index (χ2v) is 4.14. The molecule has 0 bridgehead atoms. The van der Waals surface area contributed by atoms with Gasteiger partial charge < -0.3 is 29.4 Å². The van der Waals surface area contributed by atoms with Crippen LogP contribution in [0.15, 0.2) is 36.4 Å². The summed E-state index contributed by atoms with van der Waals surface area (Å²) in [6, 6.07) is 11.6. The normalized spacial score (nSPS) is 9.95. The van der Waals surface area contributed by atoms with Crippen LogP contribution in [-0.4, -0.2) is 10.5 Å². The van der Waals surface area contributed by atoms with E-state index in [2.05, 4.69) is 9.55 Å². The van der Waals surface area contributed by atoms with Crippen LogP contribution in [0.5, 0.6) is 0 Å². The Hall–Kier alpha value is -2.11. The number of fused-ring (bicyclic) bond motifs is 2. The molecule has 100 valence electrons. The van der Waals surface area contributed by atoms with Crippen LogP contribution in [0.3, 0.4) is 0 Å². The minimum atomic E-state index is 0. The van der Waals surface area contributed by atoms with Crippen molar-refractivity contribution in [2.24, 2.45) is 7.05 Å². The van der Waals surface area contributed by atoms with Crippen LogP contribution >= 0.6 is 0 Å². The van der Waals surface area contributed by atoms with Crippen molar-refractivity contribution in [1.29, 1.82) is 0 Å². The number of aryl methyl sites for hydroxylation is 1. The van der Waals surface area contributed by atoms with E-state index in [1.54, 1.807) is 6.07 Å². The summed E-state index contributed by atoms with van der Waals surface area (Å²) < 4.78 is 2.06. The van der Waals surface area contributed by atoms with Gasteiger partial charge in [-0.05, 0) is 12.1 Å². The zero-order chi connectivity index (χ0) is 12.0. The lowest BCUT2D eigenvalue weighted by atomic mass is 10.2. The van der Waals surface area contributed by atoms with E-state index in [-0.39, 0.29) is 17.9 Å². The van der Waals surface area contributed by atoms with Gasteiger partial charge in [0.2, 0.25) is 11.0 Å². The Bertz CT molecular complexity index is 745. The fourth-order valence-electron chi connectivity index (χ4n) is 2.13. The maximum atomic E-state index is 5.96. The molecule has 0 aliphatic rings. The second-order valence-electron chi connectivity index (χ2n) is 4.14. The van der Waals surface area contributed by atoms with E-state index in [1.807, 2.05) is 37.4 Å². The number of anilines is 2. The quantitative estimate of drug-likeness (QED) is 0.271. The molecule has 19 heavy (non-hydrogen) atoms. The molecule has 1 heterocycles. The molecule has 2 aromatic carbocycles. The van der Waals surface area contributed by atoms with Crippen LogP contribution < -0.4 is 28.4 Å². The third-order valence-electron chi connectivity index (χ3n) is 2.98. The summed E-state index contributed by atoms with van der Waals surface area (Å²) in [7, 11) is 1.99. The molecular formula is C13H15ClN4O. The van der Waals surface area contributed by atoms with Crippen LogP contribution in [0.25, 0.3) is 22.1 Å². The fourth-order valence-corrected chi connectivity index (χ4v) is 2.13. The molecule has 0 aliphatic carbocycles. The third kappa shape index (κ3) is 2.25. The summed E-state index contributed by atoms with van der Waals surface area (Å²) in [5.41, 5.74) is 16.8. The maximum absolute atomic E-state index is 5.96. The van der Waals surface area contributed by atoms with Gasteiger partial charge in [0.15, 0.2) is 5.52 Å². The summed E-state index contributed by atoms with van der Waals surface area (Å²) in [6.45, 7) is 0. The van der Waals surface area contributed by atoms with E-state index in [1.165, 1.54) is 0 Å². The van der Waals surface area contributed by atoms with E-state index in [4.69, 9.17) is 11.5 Å². The molecule has 0 amide bonds. The lowest BCUT2D eigenvalue weighted by Gasteiger charge is -2.04. The van der Waals surface area contributed by atoms with Crippen LogP contribution in [-0.2, 0) is 7.05 Å². The minimum Gasteiger partial charge on any atom is -1.00 e. The van der Waals surface area contributed by atoms with E-state index in [0.29, 0.717) is 11.4 Å². The Morgan fingerprint density at radius 1 is 1.05 bits per heavy atom. The highest BCUT2D eigenvalue weighted by Crippen LogP contribution is 2.22. The maximum Gasteiger partial charge on any atom is 0.235 e. The number of rotatable bonds is 0. The van der Waals surface area contributed by atoms with Gasteiger partial charge in [-0.3, -0.25) is 0 Å². The molecule has 5 nitrogen and oxygen atoms in total. The van der Waals surface area contributed by atoms with E-state index >= 15 is 0 Å². The van der Waals surface area contributed by atoms with E-state index < -0.39 is 0 Å². The highest BCUT2D eigenvalue weighted by molar-refractivity contribution is 5.91.